The SMILES string of the molecule is C#CC#CC.O=C(O)COc1cccc(CN(Cc2ccc(-c3cccnc3)cc2)S(=O)(=O)c2cccnc2)c1. The lowest BCUT2D eigenvalue weighted by molar-refractivity contribution is -0.139. The third kappa shape index (κ3) is 8.81. The van der Waals surface area contributed by atoms with Crippen LogP contribution in [0.15, 0.2) is 102 Å². The fraction of sp³-hybridized carbons (Fsp3) is 0.129. The molecular weight excluding hydrogens is 526 g/mol. The van der Waals surface area contributed by atoms with Gasteiger partial charge in [-0.1, -0.05) is 48.4 Å². The number of aliphatic carboxylic acids is 1. The van der Waals surface area contributed by atoms with Gasteiger partial charge in [-0.05, 0) is 71.4 Å². The van der Waals surface area contributed by atoms with Crippen molar-refractivity contribution >= 4 is 16.0 Å². The van der Waals surface area contributed by atoms with E-state index in [1.54, 1.807) is 49.6 Å². The van der Waals surface area contributed by atoms with Gasteiger partial charge >= 0.3 is 5.97 Å². The first-order chi connectivity index (χ1) is 19.3. The van der Waals surface area contributed by atoms with Gasteiger partial charge in [0, 0.05) is 37.9 Å². The number of hydrogen-bond acceptors (Lipinski definition) is 6. The van der Waals surface area contributed by atoms with E-state index in [0.29, 0.717) is 11.3 Å². The maximum absolute atomic E-state index is 13.5. The summed E-state index contributed by atoms with van der Waals surface area (Å²) in [5.74, 6) is 6.34. The van der Waals surface area contributed by atoms with Gasteiger partial charge in [0.15, 0.2) is 6.61 Å². The van der Waals surface area contributed by atoms with Gasteiger partial charge in [-0.25, -0.2) is 13.2 Å². The van der Waals surface area contributed by atoms with Crippen LogP contribution in [-0.2, 0) is 27.9 Å². The van der Waals surface area contributed by atoms with Crippen LogP contribution in [0.3, 0.4) is 0 Å². The number of hydrogen-bond donors (Lipinski definition) is 1. The summed E-state index contributed by atoms with van der Waals surface area (Å²) in [5.41, 5.74) is 3.42. The summed E-state index contributed by atoms with van der Waals surface area (Å²) >= 11 is 0. The number of carboxylic acids is 1. The molecule has 0 bridgehead atoms. The van der Waals surface area contributed by atoms with Crippen molar-refractivity contribution in [3.05, 3.63) is 109 Å². The van der Waals surface area contributed by atoms with Gasteiger partial charge < -0.3 is 9.84 Å². The van der Waals surface area contributed by atoms with Gasteiger partial charge in [-0.15, -0.1) is 6.42 Å². The molecule has 0 saturated carbocycles. The molecule has 4 rings (SSSR count). The minimum absolute atomic E-state index is 0.0614. The Hall–Kier alpha value is -4.96. The second-order valence-electron chi connectivity index (χ2n) is 8.25. The minimum atomic E-state index is -3.87. The zero-order chi connectivity index (χ0) is 28.8. The number of benzene rings is 2. The van der Waals surface area contributed by atoms with E-state index in [1.807, 2.05) is 36.4 Å². The van der Waals surface area contributed by atoms with Crippen molar-refractivity contribution in [3.8, 4) is 41.1 Å². The zero-order valence-electron chi connectivity index (χ0n) is 21.8. The lowest BCUT2D eigenvalue weighted by atomic mass is 10.1. The lowest BCUT2D eigenvalue weighted by Gasteiger charge is -2.23. The molecule has 1 N–H and O–H groups in total. The van der Waals surface area contributed by atoms with Gasteiger partial charge in [-0.3, -0.25) is 9.97 Å². The molecule has 8 nitrogen and oxygen atoms in total. The maximum atomic E-state index is 13.5. The summed E-state index contributed by atoms with van der Waals surface area (Å²) in [7, 11) is -3.87. The molecule has 0 atom stereocenters. The molecule has 0 aliphatic rings. The molecule has 0 amide bonds. The summed E-state index contributed by atoms with van der Waals surface area (Å²) < 4.78 is 33.6. The first-order valence-electron chi connectivity index (χ1n) is 12.0. The van der Waals surface area contributed by atoms with Crippen molar-refractivity contribution in [1.29, 1.82) is 0 Å². The number of ether oxygens (including phenoxy) is 1. The zero-order valence-corrected chi connectivity index (χ0v) is 22.6. The Morgan fingerprint density at radius 3 is 2.20 bits per heavy atom. The van der Waals surface area contributed by atoms with Crippen molar-refractivity contribution in [2.45, 2.75) is 24.9 Å². The molecule has 2 aromatic heterocycles. The van der Waals surface area contributed by atoms with Crippen molar-refractivity contribution in [1.82, 2.24) is 14.3 Å². The molecule has 202 valence electrons. The molecule has 40 heavy (non-hydrogen) atoms. The van der Waals surface area contributed by atoms with E-state index >= 15 is 0 Å². The monoisotopic (exact) mass is 553 g/mol. The standard InChI is InChI=1S/C26H23N3O5S.C5H4/c30-26(31)19-34-24-6-1-4-21(14-24)18-29(35(32,33)25-7-3-13-28-16-25)17-20-8-10-22(11-9-20)23-5-2-12-27-15-23;1-3-5-4-2/h1-16H,17-19H2,(H,30,31);1H,2H3. The van der Waals surface area contributed by atoms with E-state index in [9.17, 15) is 13.2 Å². The number of terminal acetylenes is 1. The van der Waals surface area contributed by atoms with Gasteiger partial charge in [-0.2, -0.15) is 4.31 Å². The molecule has 2 heterocycles. The molecule has 0 aliphatic carbocycles. The van der Waals surface area contributed by atoms with Crippen LogP contribution in [0, 0.1) is 24.2 Å². The number of nitrogens with zero attached hydrogens (tertiary/aromatic N) is 3. The average Bonchev–Trinajstić information content (AvgIpc) is 2.98. The molecule has 0 radical (unpaired) electrons. The fourth-order valence-corrected chi connectivity index (χ4v) is 4.95. The van der Waals surface area contributed by atoms with Crippen molar-refractivity contribution in [2.75, 3.05) is 6.61 Å². The highest BCUT2D eigenvalue weighted by atomic mass is 32.2. The van der Waals surface area contributed by atoms with E-state index in [0.717, 1.165) is 16.7 Å². The summed E-state index contributed by atoms with van der Waals surface area (Å²) in [5, 5.41) is 8.86. The van der Waals surface area contributed by atoms with Crippen molar-refractivity contribution in [3.63, 3.8) is 0 Å². The Morgan fingerprint density at radius 2 is 1.62 bits per heavy atom. The van der Waals surface area contributed by atoms with Crippen LogP contribution in [0.2, 0.25) is 0 Å². The number of aromatic nitrogens is 2. The summed E-state index contributed by atoms with van der Waals surface area (Å²) in [4.78, 5) is 19.0. The van der Waals surface area contributed by atoms with Crippen molar-refractivity contribution < 1.29 is 23.1 Å². The molecule has 0 aliphatic heterocycles. The van der Waals surface area contributed by atoms with E-state index in [1.165, 1.54) is 22.8 Å². The summed E-state index contributed by atoms with van der Waals surface area (Å²) in [6.07, 6.45) is 11.0. The highest BCUT2D eigenvalue weighted by Gasteiger charge is 2.25. The van der Waals surface area contributed by atoms with Crippen LogP contribution >= 0.6 is 0 Å². The minimum Gasteiger partial charge on any atom is -0.482 e. The number of carbonyl (C=O) groups is 1. The Kier molecular flexibility index (Phi) is 11.0. The Balaban J connectivity index is 0.000000810. The smallest absolute Gasteiger partial charge is 0.341 e. The molecule has 2 aromatic carbocycles. The van der Waals surface area contributed by atoms with Crippen LogP contribution < -0.4 is 4.74 Å². The molecule has 0 unspecified atom stereocenters. The fourth-order valence-electron chi connectivity index (χ4n) is 3.57. The van der Waals surface area contributed by atoms with Gasteiger partial charge in [0.05, 0.1) is 0 Å². The van der Waals surface area contributed by atoms with Crippen LogP contribution in [0.1, 0.15) is 18.1 Å². The van der Waals surface area contributed by atoms with Crippen LogP contribution in [0.5, 0.6) is 5.75 Å². The number of sulfonamides is 1. The predicted molar refractivity (Wildman–Crippen MR) is 152 cm³/mol. The highest BCUT2D eigenvalue weighted by Crippen LogP contribution is 2.24. The predicted octanol–water partition coefficient (Wildman–Crippen LogP) is 4.64. The topological polar surface area (TPSA) is 110 Å². The largest absolute Gasteiger partial charge is 0.482 e. The highest BCUT2D eigenvalue weighted by molar-refractivity contribution is 7.89. The summed E-state index contributed by atoms with van der Waals surface area (Å²) in [6, 6.07) is 21.3. The van der Waals surface area contributed by atoms with E-state index in [2.05, 4.69) is 27.7 Å². The van der Waals surface area contributed by atoms with Crippen molar-refractivity contribution in [2.24, 2.45) is 0 Å². The molecule has 9 heteroatoms. The van der Waals surface area contributed by atoms with E-state index in [-0.39, 0.29) is 18.0 Å². The lowest BCUT2D eigenvalue weighted by Crippen LogP contribution is -2.30. The third-order valence-electron chi connectivity index (χ3n) is 5.40. The first-order valence-corrected chi connectivity index (χ1v) is 13.5. The maximum Gasteiger partial charge on any atom is 0.341 e. The molecular formula is C31H27N3O5S. The Labute approximate surface area is 234 Å². The Morgan fingerprint density at radius 1 is 0.925 bits per heavy atom. The van der Waals surface area contributed by atoms with E-state index < -0.39 is 22.6 Å². The molecule has 0 spiro atoms. The second-order valence-corrected chi connectivity index (χ2v) is 10.2. The third-order valence-corrected chi connectivity index (χ3v) is 7.17. The van der Waals surface area contributed by atoms with Gasteiger partial charge in [0.2, 0.25) is 10.0 Å². The van der Waals surface area contributed by atoms with Gasteiger partial charge in [0.1, 0.15) is 10.6 Å². The first kappa shape index (κ1) is 29.6. The molecule has 0 fully saturated rings. The molecule has 0 saturated heterocycles. The quantitative estimate of drug-likeness (QED) is 0.285. The number of carboxylic acid groups (broad SMARTS) is 1. The normalized spacial score (nSPS) is 10.3. The number of rotatable bonds is 10. The summed E-state index contributed by atoms with van der Waals surface area (Å²) in [6.45, 7) is 1.42. The van der Waals surface area contributed by atoms with Crippen LogP contribution in [0.4, 0.5) is 0 Å². The number of pyridine rings is 2. The second kappa shape index (κ2) is 14.8. The van der Waals surface area contributed by atoms with Crippen LogP contribution in [-0.4, -0.2) is 40.4 Å². The average molecular weight is 554 g/mol. The van der Waals surface area contributed by atoms with Gasteiger partial charge in [0.25, 0.3) is 0 Å². The Bertz CT molecular complexity index is 1610. The molecule has 4 aromatic rings. The van der Waals surface area contributed by atoms with E-state index in [4.69, 9.17) is 16.3 Å². The van der Waals surface area contributed by atoms with Crippen LogP contribution in [0.25, 0.3) is 11.1 Å².